The molecule has 1 saturated heterocycles. The molecule has 2 aromatic carbocycles. The summed E-state index contributed by atoms with van der Waals surface area (Å²) in [6.45, 7) is 3.01. The molecule has 0 radical (unpaired) electrons. The molecule has 0 saturated carbocycles. The van der Waals surface area contributed by atoms with E-state index in [0.717, 1.165) is 11.1 Å². The number of phenolic OH excluding ortho intramolecular Hbond substituents is 1. The lowest BCUT2D eigenvalue weighted by Crippen LogP contribution is -2.39. The zero-order valence-corrected chi connectivity index (χ0v) is 27.8. The number of hydrogen-bond acceptors (Lipinski definition) is 6. The van der Waals surface area contributed by atoms with E-state index in [-0.39, 0.29) is 24.7 Å². The standard InChI is InChI=1S/C33H34F6INO6/c1-4-16(8-17-9-24(40)29(44)26(10-17)47-3)6-7-25(43)27-18(5-2)11-22-28(23(27)15-42)31(46)41(30(22)45)21-13-19(32(34,35)36)12-20(14-21)33(37,38)39/h8-10,12-14,22-23,25,28,42-44H,4-7,11,15H2,1-3H3/b16-8+/t22-,23+,25-,28-/m1/s1. The highest BCUT2D eigenvalue weighted by atomic mass is 127. The number of fused-ring (bicyclic) bond motifs is 1. The van der Waals surface area contributed by atoms with Crippen molar-refractivity contribution in [3.05, 3.63) is 67.3 Å². The predicted octanol–water partition coefficient (Wildman–Crippen LogP) is 7.50. The molecule has 3 N–H and O–H groups in total. The lowest BCUT2D eigenvalue weighted by molar-refractivity contribution is -0.143. The first-order chi connectivity index (χ1) is 22.0. The molecule has 4 atom stereocenters. The average molecular weight is 782 g/mol. The minimum absolute atomic E-state index is 0.00996. The quantitative estimate of drug-likeness (QED) is 0.0999. The van der Waals surface area contributed by atoms with E-state index in [2.05, 4.69) is 0 Å². The van der Waals surface area contributed by atoms with Crippen molar-refractivity contribution < 1.29 is 56.0 Å². The van der Waals surface area contributed by atoms with Gasteiger partial charge in [0, 0.05) is 5.92 Å². The average Bonchev–Trinajstić information content (AvgIpc) is 3.27. The molecule has 1 heterocycles. The molecule has 14 heteroatoms. The number of aromatic hydroxyl groups is 1. The zero-order chi connectivity index (χ0) is 35.0. The Morgan fingerprint density at radius 1 is 1.04 bits per heavy atom. The number of imide groups is 1. The van der Waals surface area contributed by atoms with E-state index >= 15 is 0 Å². The lowest BCUT2D eigenvalue weighted by Gasteiger charge is -2.36. The third-order valence-electron chi connectivity index (χ3n) is 8.83. The number of benzene rings is 2. The number of phenols is 1. The van der Waals surface area contributed by atoms with Crippen LogP contribution >= 0.6 is 22.6 Å². The van der Waals surface area contributed by atoms with Gasteiger partial charge >= 0.3 is 12.4 Å². The molecule has 4 rings (SSSR count). The first kappa shape index (κ1) is 36.7. The van der Waals surface area contributed by atoms with Crippen LogP contribution in [-0.2, 0) is 21.9 Å². The second kappa shape index (κ2) is 14.2. The van der Waals surface area contributed by atoms with Crippen LogP contribution in [0.2, 0.25) is 0 Å². The number of nitrogens with zero attached hydrogens (tertiary/aromatic N) is 1. The molecule has 2 aliphatic rings. The van der Waals surface area contributed by atoms with Crippen LogP contribution in [0.3, 0.4) is 0 Å². The molecule has 1 aliphatic carbocycles. The lowest BCUT2D eigenvalue weighted by atomic mass is 9.67. The van der Waals surface area contributed by atoms with Crippen molar-refractivity contribution in [2.45, 2.75) is 64.4 Å². The number of amides is 2. The van der Waals surface area contributed by atoms with Crippen LogP contribution < -0.4 is 9.64 Å². The van der Waals surface area contributed by atoms with Crippen molar-refractivity contribution in [2.75, 3.05) is 18.6 Å². The van der Waals surface area contributed by atoms with Crippen LogP contribution in [0.5, 0.6) is 11.5 Å². The summed E-state index contributed by atoms with van der Waals surface area (Å²) in [4.78, 5) is 27.6. The van der Waals surface area contributed by atoms with Gasteiger partial charge in [-0.15, -0.1) is 0 Å². The first-order valence-electron chi connectivity index (χ1n) is 14.9. The molecule has 0 aromatic heterocycles. The highest BCUT2D eigenvalue weighted by Crippen LogP contribution is 2.49. The fraction of sp³-hybridized carbons (Fsp3) is 0.455. The van der Waals surface area contributed by atoms with Crippen LogP contribution in [0.4, 0.5) is 32.0 Å². The molecule has 47 heavy (non-hydrogen) atoms. The third-order valence-corrected chi connectivity index (χ3v) is 9.65. The number of carbonyl (C=O) groups excluding carboxylic acids is 2. The number of ether oxygens (including phenoxy) is 1. The molecule has 1 aliphatic heterocycles. The summed E-state index contributed by atoms with van der Waals surface area (Å²) < 4.78 is 87.2. The molecule has 2 aromatic rings. The second-order valence-corrected chi connectivity index (χ2v) is 12.7. The summed E-state index contributed by atoms with van der Waals surface area (Å²) >= 11 is 1.98. The Morgan fingerprint density at radius 2 is 1.66 bits per heavy atom. The van der Waals surface area contributed by atoms with E-state index in [0.29, 0.717) is 56.8 Å². The maximum Gasteiger partial charge on any atom is 0.416 e. The Balaban J connectivity index is 1.65. The molecule has 0 bridgehead atoms. The van der Waals surface area contributed by atoms with Crippen molar-refractivity contribution in [3.8, 4) is 11.5 Å². The monoisotopic (exact) mass is 781 g/mol. The molecular formula is C33H34F6INO6. The summed E-state index contributed by atoms with van der Waals surface area (Å²) in [5, 5.41) is 32.1. The van der Waals surface area contributed by atoms with E-state index < -0.39 is 71.4 Å². The summed E-state index contributed by atoms with van der Waals surface area (Å²) in [5.74, 6) is -5.18. The van der Waals surface area contributed by atoms with E-state index in [1.54, 1.807) is 19.1 Å². The summed E-state index contributed by atoms with van der Waals surface area (Å²) in [7, 11) is 1.43. The van der Waals surface area contributed by atoms with E-state index in [4.69, 9.17) is 4.74 Å². The highest BCUT2D eigenvalue weighted by molar-refractivity contribution is 14.1. The number of aliphatic hydroxyl groups excluding tert-OH is 2. The van der Waals surface area contributed by atoms with Gasteiger partial charge in [0.1, 0.15) is 0 Å². The minimum atomic E-state index is -5.19. The van der Waals surface area contributed by atoms with Gasteiger partial charge < -0.3 is 20.1 Å². The number of hydrogen-bond donors (Lipinski definition) is 3. The smallest absolute Gasteiger partial charge is 0.416 e. The number of carbonyl (C=O) groups is 2. The number of anilines is 1. The van der Waals surface area contributed by atoms with Gasteiger partial charge in [0.2, 0.25) is 11.8 Å². The van der Waals surface area contributed by atoms with Crippen LogP contribution in [0.15, 0.2) is 47.1 Å². The zero-order valence-electron chi connectivity index (χ0n) is 25.7. The number of aliphatic hydroxyl groups is 2. The van der Waals surface area contributed by atoms with Gasteiger partial charge in [0.15, 0.2) is 11.5 Å². The van der Waals surface area contributed by atoms with Crippen LogP contribution in [0, 0.1) is 21.3 Å². The van der Waals surface area contributed by atoms with Crippen LogP contribution in [0.1, 0.15) is 62.6 Å². The molecule has 0 unspecified atom stereocenters. The normalized spacial score (nSPS) is 21.4. The van der Waals surface area contributed by atoms with Crippen molar-refractivity contribution in [1.82, 2.24) is 0 Å². The van der Waals surface area contributed by atoms with E-state index in [1.165, 1.54) is 7.11 Å². The Bertz CT molecular complexity index is 1570. The largest absolute Gasteiger partial charge is 0.504 e. The van der Waals surface area contributed by atoms with Crippen LogP contribution in [0.25, 0.3) is 6.08 Å². The van der Waals surface area contributed by atoms with E-state index in [9.17, 15) is 51.3 Å². The third kappa shape index (κ3) is 7.48. The summed E-state index contributed by atoms with van der Waals surface area (Å²) in [6, 6.07) is 4.02. The number of allylic oxidation sites excluding steroid dienone is 2. The van der Waals surface area contributed by atoms with Crippen molar-refractivity contribution in [3.63, 3.8) is 0 Å². The molecule has 2 amide bonds. The second-order valence-electron chi connectivity index (χ2n) is 11.6. The van der Waals surface area contributed by atoms with E-state index in [1.807, 2.05) is 35.6 Å². The number of alkyl halides is 6. The number of methoxy groups -OCH3 is 1. The Morgan fingerprint density at radius 3 is 2.17 bits per heavy atom. The Labute approximate surface area is 281 Å². The SMILES string of the molecule is CCC1=C([C@H](O)CC/C(=C/c2cc(I)c(O)c(OC)c2)CC)[C@H](CO)[C@@H]2C(=O)N(c3cc(C(F)(F)F)cc(C(F)(F)F)c3)C(=O)[C@@H]2C1. The van der Waals surface area contributed by atoms with Gasteiger partial charge in [-0.2, -0.15) is 26.3 Å². The summed E-state index contributed by atoms with van der Waals surface area (Å²) in [5.41, 5.74) is -1.54. The van der Waals surface area contributed by atoms with Crippen molar-refractivity contribution in [2.24, 2.45) is 17.8 Å². The molecule has 0 spiro atoms. The first-order valence-corrected chi connectivity index (χ1v) is 16.0. The van der Waals surface area contributed by atoms with Crippen molar-refractivity contribution in [1.29, 1.82) is 0 Å². The van der Waals surface area contributed by atoms with Gasteiger partial charge in [-0.25, -0.2) is 4.90 Å². The maximum absolute atomic E-state index is 13.7. The summed E-state index contributed by atoms with van der Waals surface area (Å²) in [6.07, 6.45) is -8.16. The fourth-order valence-corrected chi connectivity index (χ4v) is 7.14. The van der Waals surface area contributed by atoms with Gasteiger partial charge in [0.05, 0.1) is 52.0 Å². The highest BCUT2D eigenvalue weighted by Gasteiger charge is 2.55. The molecular weight excluding hydrogens is 747 g/mol. The van der Waals surface area contributed by atoms with Gasteiger partial charge in [-0.1, -0.05) is 31.1 Å². The maximum atomic E-state index is 13.7. The Hall–Kier alpha value is -3.11. The van der Waals surface area contributed by atoms with Crippen LogP contribution in [-0.4, -0.2) is 47.0 Å². The van der Waals surface area contributed by atoms with Crippen molar-refractivity contribution >= 4 is 46.2 Å². The minimum Gasteiger partial charge on any atom is -0.504 e. The van der Waals surface area contributed by atoms with Gasteiger partial charge in [-0.05, 0) is 96.2 Å². The molecule has 256 valence electrons. The molecule has 7 nitrogen and oxygen atoms in total. The molecule has 1 fully saturated rings. The Kier molecular flexibility index (Phi) is 11.1. The predicted molar refractivity (Wildman–Crippen MR) is 169 cm³/mol. The number of rotatable bonds is 10. The van der Waals surface area contributed by atoms with Gasteiger partial charge in [0.25, 0.3) is 0 Å². The number of halogens is 7. The van der Waals surface area contributed by atoms with Gasteiger partial charge in [-0.3, -0.25) is 9.59 Å². The fourth-order valence-electron chi connectivity index (χ4n) is 6.52. The topological polar surface area (TPSA) is 107 Å².